The maximum Gasteiger partial charge on any atom is 0.284 e. The molecule has 0 bridgehead atoms. The molecule has 0 saturated carbocycles. The molecule has 0 radical (unpaired) electrons. The molecule has 1 N–H and O–H groups in total. The van der Waals surface area contributed by atoms with Crippen LogP contribution in [0, 0.1) is 11.6 Å². The normalized spacial score (nSPS) is 13.0. The van der Waals surface area contributed by atoms with Gasteiger partial charge >= 0.3 is 0 Å². The molecule has 7 rings (SSSR count). The first-order valence-corrected chi connectivity index (χ1v) is 15.6. The zero-order chi connectivity index (χ0) is 33.2. The summed E-state index contributed by atoms with van der Waals surface area (Å²) in [4.78, 5) is 45.8. The van der Waals surface area contributed by atoms with Crippen LogP contribution in [0.3, 0.4) is 0 Å². The number of amides is 2. The smallest absolute Gasteiger partial charge is 0.284 e. The third kappa shape index (κ3) is 6.28. The van der Waals surface area contributed by atoms with E-state index in [2.05, 4.69) is 15.4 Å². The van der Waals surface area contributed by atoms with Crippen LogP contribution in [0.1, 0.15) is 20.7 Å². The maximum absolute atomic E-state index is 15.3. The van der Waals surface area contributed by atoms with Crippen LogP contribution in [0.15, 0.2) is 102 Å². The van der Waals surface area contributed by atoms with E-state index in [4.69, 9.17) is 9.47 Å². The van der Waals surface area contributed by atoms with Crippen molar-refractivity contribution in [1.82, 2.24) is 19.7 Å². The number of anilines is 1. The predicted molar refractivity (Wildman–Crippen MR) is 176 cm³/mol. The summed E-state index contributed by atoms with van der Waals surface area (Å²) in [5, 5.41) is 6.49. The van der Waals surface area contributed by atoms with Crippen LogP contribution in [-0.4, -0.2) is 57.8 Å². The first-order valence-electron chi connectivity index (χ1n) is 14.8. The Labute approximate surface area is 275 Å². The molecule has 0 aliphatic carbocycles. The number of carbonyl (C=O) groups is 2. The Morgan fingerprint density at radius 1 is 0.875 bits per heavy atom. The second-order valence-corrected chi connectivity index (χ2v) is 11.8. The Hall–Kier alpha value is -5.79. The van der Waals surface area contributed by atoms with E-state index >= 15 is 4.39 Å². The van der Waals surface area contributed by atoms with E-state index in [0.717, 1.165) is 21.2 Å². The van der Waals surface area contributed by atoms with Crippen molar-refractivity contribution < 1.29 is 27.8 Å². The Bertz CT molecular complexity index is 2210. The van der Waals surface area contributed by atoms with Gasteiger partial charge in [-0.3, -0.25) is 19.4 Å². The van der Waals surface area contributed by atoms with E-state index in [-0.39, 0.29) is 28.6 Å². The van der Waals surface area contributed by atoms with E-state index < -0.39 is 23.1 Å². The zero-order valence-electron chi connectivity index (χ0n) is 25.1. The lowest BCUT2D eigenvalue weighted by molar-refractivity contribution is 0.0303. The van der Waals surface area contributed by atoms with Crippen LogP contribution < -0.4 is 15.6 Å². The molecule has 48 heavy (non-hydrogen) atoms. The van der Waals surface area contributed by atoms with Gasteiger partial charge in [-0.15, -0.1) is 11.3 Å². The molecular weight excluding hydrogens is 640 g/mol. The summed E-state index contributed by atoms with van der Waals surface area (Å²) < 4.78 is 41.6. The molecule has 13 heteroatoms. The van der Waals surface area contributed by atoms with Gasteiger partial charge in [0.15, 0.2) is 11.6 Å². The van der Waals surface area contributed by atoms with Crippen molar-refractivity contribution in [3.8, 4) is 27.6 Å². The minimum Gasteiger partial charge on any atom is -0.453 e. The Morgan fingerprint density at radius 3 is 2.40 bits per heavy atom. The number of nitrogens with zero attached hydrogens (tertiary/aromatic N) is 4. The Kier molecular flexibility index (Phi) is 8.44. The third-order valence-corrected chi connectivity index (χ3v) is 8.85. The van der Waals surface area contributed by atoms with E-state index in [1.807, 2.05) is 18.2 Å². The van der Waals surface area contributed by atoms with Crippen LogP contribution in [0.25, 0.3) is 26.3 Å². The highest BCUT2D eigenvalue weighted by Crippen LogP contribution is 2.40. The number of fused-ring (bicyclic) bond motifs is 1. The highest BCUT2D eigenvalue weighted by molar-refractivity contribution is 7.22. The Morgan fingerprint density at radius 2 is 1.65 bits per heavy atom. The number of halogens is 2. The SMILES string of the molecule is O=C(Nc1ccc(Oc2ccnc3cc(-c4ccc(C(=O)N5CCOCC5)cc4)sc23)c(F)c1)c1ccnn(-c2ccc(F)cc2)c1=O. The van der Waals surface area contributed by atoms with Gasteiger partial charge in [0, 0.05) is 53.7 Å². The summed E-state index contributed by atoms with van der Waals surface area (Å²) in [5.41, 5.74) is 1.57. The molecule has 6 aromatic rings. The number of benzene rings is 3. The molecule has 3 aromatic carbocycles. The van der Waals surface area contributed by atoms with Crippen molar-refractivity contribution >= 4 is 39.1 Å². The van der Waals surface area contributed by atoms with Gasteiger partial charge in [-0.25, -0.2) is 8.78 Å². The molecular formula is C35H25F2N5O5S. The summed E-state index contributed by atoms with van der Waals surface area (Å²) in [5.74, 6) is -1.72. The molecule has 1 aliphatic heterocycles. The van der Waals surface area contributed by atoms with Gasteiger partial charge in [0.2, 0.25) is 0 Å². The number of aromatic nitrogens is 3. The van der Waals surface area contributed by atoms with Crippen LogP contribution >= 0.6 is 11.3 Å². The summed E-state index contributed by atoms with van der Waals surface area (Å²) >= 11 is 1.42. The topological polar surface area (TPSA) is 116 Å². The number of carbonyl (C=O) groups excluding carboxylic acids is 2. The van der Waals surface area contributed by atoms with Crippen molar-refractivity contribution in [2.24, 2.45) is 0 Å². The number of ether oxygens (including phenoxy) is 2. The number of hydrogen-bond donors (Lipinski definition) is 1. The van der Waals surface area contributed by atoms with Crippen molar-refractivity contribution in [1.29, 1.82) is 0 Å². The number of thiophene rings is 1. The largest absolute Gasteiger partial charge is 0.453 e. The minimum absolute atomic E-state index is 0.0336. The van der Waals surface area contributed by atoms with E-state index in [9.17, 15) is 18.8 Å². The van der Waals surface area contributed by atoms with Crippen LogP contribution in [0.5, 0.6) is 11.5 Å². The highest BCUT2D eigenvalue weighted by Gasteiger charge is 2.20. The lowest BCUT2D eigenvalue weighted by Crippen LogP contribution is -2.40. The average Bonchev–Trinajstić information content (AvgIpc) is 3.56. The summed E-state index contributed by atoms with van der Waals surface area (Å²) in [6.45, 7) is 2.20. The molecule has 4 heterocycles. The van der Waals surface area contributed by atoms with Gasteiger partial charge < -0.3 is 19.7 Å². The molecule has 1 aliphatic rings. The van der Waals surface area contributed by atoms with E-state index in [1.54, 1.807) is 29.3 Å². The van der Waals surface area contributed by atoms with E-state index in [0.29, 0.717) is 47.8 Å². The number of nitrogens with one attached hydrogen (secondary N) is 1. The van der Waals surface area contributed by atoms with Crippen LogP contribution in [-0.2, 0) is 4.74 Å². The molecule has 0 atom stereocenters. The fourth-order valence-corrected chi connectivity index (χ4v) is 6.26. The molecule has 240 valence electrons. The van der Waals surface area contributed by atoms with Gasteiger partial charge in [-0.2, -0.15) is 9.78 Å². The van der Waals surface area contributed by atoms with Gasteiger partial charge in [0.25, 0.3) is 17.4 Å². The summed E-state index contributed by atoms with van der Waals surface area (Å²) in [6, 6.07) is 21.1. The van der Waals surface area contributed by atoms with Crippen LogP contribution in [0.2, 0.25) is 0 Å². The van der Waals surface area contributed by atoms with Gasteiger partial charge in [0.05, 0.1) is 29.1 Å². The summed E-state index contributed by atoms with van der Waals surface area (Å²) in [7, 11) is 0. The Balaban J connectivity index is 1.07. The van der Waals surface area contributed by atoms with Gasteiger partial charge in [-0.1, -0.05) is 12.1 Å². The van der Waals surface area contributed by atoms with Crippen molar-refractivity contribution in [3.05, 3.63) is 130 Å². The second kappa shape index (κ2) is 13.1. The van der Waals surface area contributed by atoms with Gasteiger partial charge in [-0.05, 0) is 66.2 Å². The molecule has 1 fully saturated rings. The minimum atomic E-state index is -0.771. The highest BCUT2D eigenvalue weighted by atomic mass is 32.1. The molecule has 10 nitrogen and oxygen atoms in total. The molecule has 2 amide bonds. The quantitative estimate of drug-likeness (QED) is 0.213. The first-order chi connectivity index (χ1) is 23.3. The molecule has 0 unspecified atom stereocenters. The first kappa shape index (κ1) is 30.8. The van der Waals surface area contributed by atoms with Crippen molar-refractivity contribution in [2.45, 2.75) is 0 Å². The third-order valence-electron chi connectivity index (χ3n) is 7.66. The average molecular weight is 666 g/mol. The second-order valence-electron chi connectivity index (χ2n) is 10.8. The molecule has 1 saturated heterocycles. The lowest BCUT2D eigenvalue weighted by Gasteiger charge is -2.26. The fourth-order valence-electron chi connectivity index (χ4n) is 5.19. The standard InChI is InChI=1S/C35H25F2N5O5S/c36-23-5-8-25(9-6-23)42-35(45)26(11-14-39-42)33(43)40-24-7-10-29(27(37)19-24)47-30-12-13-38-28-20-31(48-32(28)30)21-1-3-22(4-2-21)34(44)41-15-17-46-18-16-41/h1-14,19-20H,15-18H2,(H,40,43). The molecule has 3 aromatic heterocycles. The van der Waals surface area contributed by atoms with Crippen LogP contribution in [0.4, 0.5) is 14.5 Å². The van der Waals surface area contributed by atoms with E-state index in [1.165, 1.54) is 60.0 Å². The summed E-state index contributed by atoms with van der Waals surface area (Å²) in [6.07, 6.45) is 2.84. The number of rotatable bonds is 7. The fraction of sp³-hybridized carbons (Fsp3) is 0.114. The van der Waals surface area contributed by atoms with Crippen molar-refractivity contribution in [3.63, 3.8) is 0 Å². The monoisotopic (exact) mass is 665 g/mol. The van der Waals surface area contributed by atoms with Crippen molar-refractivity contribution in [2.75, 3.05) is 31.6 Å². The lowest BCUT2D eigenvalue weighted by atomic mass is 10.1. The molecule has 0 spiro atoms. The number of hydrogen-bond acceptors (Lipinski definition) is 8. The number of morpholine rings is 1. The number of pyridine rings is 1. The maximum atomic E-state index is 15.3. The zero-order valence-corrected chi connectivity index (χ0v) is 25.9. The predicted octanol–water partition coefficient (Wildman–Crippen LogP) is 6.30. The van der Waals surface area contributed by atoms with Gasteiger partial charge in [0.1, 0.15) is 17.1 Å².